The Kier molecular flexibility index (Phi) is 4.40. The molecule has 0 fully saturated rings. The van der Waals surface area contributed by atoms with Gasteiger partial charge in [-0.2, -0.15) is 0 Å². The predicted molar refractivity (Wildman–Crippen MR) is 69.8 cm³/mol. The van der Waals surface area contributed by atoms with E-state index >= 15 is 0 Å². The second-order valence-electron chi connectivity index (χ2n) is 4.38. The van der Waals surface area contributed by atoms with Crippen LogP contribution in [0.5, 0.6) is 5.75 Å². The zero-order valence-electron chi connectivity index (χ0n) is 10.6. The quantitative estimate of drug-likeness (QED) is 0.606. The van der Waals surface area contributed by atoms with Gasteiger partial charge in [-0.3, -0.25) is 0 Å². The summed E-state index contributed by atoms with van der Waals surface area (Å²) in [5.74, 6) is 0.468. The number of allylic oxidation sites excluding steroid dienone is 1. The summed E-state index contributed by atoms with van der Waals surface area (Å²) in [5.41, 5.74) is 0.563. The lowest BCUT2D eigenvalue weighted by atomic mass is 10.2. The van der Waals surface area contributed by atoms with Gasteiger partial charge < -0.3 is 9.47 Å². The number of hydrogen-bond donors (Lipinski definition) is 0. The molecule has 0 N–H and O–H groups in total. The van der Waals surface area contributed by atoms with Crippen LogP contribution in [0.4, 0.5) is 0 Å². The zero-order chi connectivity index (χ0) is 12.8. The van der Waals surface area contributed by atoms with E-state index in [1.165, 1.54) is 6.42 Å². The van der Waals surface area contributed by atoms with Crippen LogP contribution in [-0.2, 0) is 4.74 Å². The third-order valence-corrected chi connectivity index (χ3v) is 3.04. The molecule has 2 rings (SSSR count). The van der Waals surface area contributed by atoms with Crippen LogP contribution in [0.3, 0.4) is 0 Å². The summed E-state index contributed by atoms with van der Waals surface area (Å²) < 4.78 is 10.5. The third-order valence-electron chi connectivity index (χ3n) is 3.04. The minimum absolute atomic E-state index is 0.0814. The number of benzene rings is 1. The number of ether oxygens (including phenoxy) is 2. The Morgan fingerprint density at radius 1 is 1.22 bits per heavy atom. The number of esters is 1. The Morgan fingerprint density at radius 3 is 2.72 bits per heavy atom. The lowest BCUT2D eigenvalue weighted by Crippen LogP contribution is -2.15. The molecule has 0 amide bonds. The van der Waals surface area contributed by atoms with Crippen molar-refractivity contribution in [2.45, 2.75) is 31.8 Å². The first-order chi connectivity index (χ1) is 8.79. The molecule has 1 aromatic rings. The van der Waals surface area contributed by atoms with E-state index in [1.54, 1.807) is 31.4 Å². The van der Waals surface area contributed by atoms with Gasteiger partial charge >= 0.3 is 5.97 Å². The summed E-state index contributed by atoms with van der Waals surface area (Å²) in [6.07, 6.45) is 8.28. The van der Waals surface area contributed by atoms with E-state index in [1.807, 2.05) is 6.08 Å². The molecule has 96 valence electrons. The van der Waals surface area contributed by atoms with Crippen LogP contribution in [0.1, 0.15) is 36.0 Å². The second-order valence-corrected chi connectivity index (χ2v) is 4.38. The fraction of sp³-hybridized carbons (Fsp3) is 0.400. The molecule has 1 aromatic carbocycles. The van der Waals surface area contributed by atoms with E-state index in [-0.39, 0.29) is 12.1 Å². The maximum atomic E-state index is 11.9. The van der Waals surface area contributed by atoms with E-state index in [0.29, 0.717) is 5.56 Å². The number of carbonyl (C=O) groups excluding carboxylic acids is 1. The highest BCUT2D eigenvalue weighted by Gasteiger charge is 2.14. The van der Waals surface area contributed by atoms with E-state index in [9.17, 15) is 4.79 Å². The van der Waals surface area contributed by atoms with Crippen LogP contribution in [0, 0.1) is 0 Å². The van der Waals surface area contributed by atoms with Crippen LogP contribution in [0.15, 0.2) is 36.4 Å². The van der Waals surface area contributed by atoms with Crippen molar-refractivity contribution in [1.29, 1.82) is 0 Å². The molecule has 0 heterocycles. The van der Waals surface area contributed by atoms with Crippen molar-refractivity contribution >= 4 is 5.97 Å². The Balaban J connectivity index is 1.97. The monoisotopic (exact) mass is 246 g/mol. The first-order valence-corrected chi connectivity index (χ1v) is 6.31. The minimum Gasteiger partial charge on any atom is -0.497 e. The fourth-order valence-electron chi connectivity index (χ4n) is 1.98. The molecule has 0 radical (unpaired) electrons. The Hall–Kier alpha value is -1.77. The zero-order valence-corrected chi connectivity index (χ0v) is 10.6. The molecule has 0 bridgehead atoms. The van der Waals surface area contributed by atoms with Crippen molar-refractivity contribution in [2.24, 2.45) is 0 Å². The molecule has 1 aliphatic carbocycles. The predicted octanol–water partition coefficient (Wildman–Crippen LogP) is 3.35. The molecule has 0 aromatic heterocycles. The summed E-state index contributed by atoms with van der Waals surface area (Å²) in [6.45, 7) is 0. The van der Waals surface area contributed by atoms with Crippen LogP contribution < -0.4 is 4.74 Å². The fourth-order valence-corrected chi connectivity index (χ4v) is 1.98. The van der Waals surface area contributed by atoms with Gasteiger partial charge in [0, 0.05) is 0 Å². The molecule has 0 saturated carbocycles. The average Bonchev–Trinajstić information content (AvgIpc) is 2.67. The second kappa shape index (κ2) is 6.24. The third kappa shape index (κ3) is 3.36. The van der Waals surface area contributed by atoms with Gasteiger partial charge in [0.25, 0.3) is 0 Å². The molecule has 0 spiro atoms. The first kappa shape index (κ1) is 12.7. The van der Waals surface area contributed by atoms with Gasteiger partial charge in [0.15, 0.2) is 0 Å². The van der Waals surface area contributed by atoms with Gasteiger partial charge in [-0.25, -0.2) is 4.79 Å². The molecule has 0 unspecified atom stereocenters. The lowest BCUT2D eigenvalue weighted by Gasteiger charge is -2.13. The summed E-state index contributed by atoms with van der Waals surface area (Å²) in [5, 5.41) is 0. The van der Waals surface area contributed by atoms with Crippen LogP contribution in [0.25, 0.3) is 0 Å². The molecule has 18 heavy (non-hydrogen) atoms. The van der Waals surface area contributed by atoms with Crippen molar-refractivity contribution in [2.75, 3.05) is 7.11 Å². The van der Waals surface area contributed by atoms with Crippen molar-refractivity contribution in [3.8, 4) is 5.75 Å². The molecular formula is C15H18O3. The standard InChI is InChI=1S/C15H18O3/c1-17-13-10-8-12(9-11-13)15(16)18-14-6-4-2-3-5-7-14/h4,6,8-11,14H,2-3,5,7H2,1H3/t14-/m1/s1. The molecular weight excluding hydrogens is 228 g/mol. The highest BCUT2D eigenvalue weighted by Crippen LogP contribution is 2.17. The largest absolute Gasteiger partial charge is 0.497 e. The highest BCUT2D eigenvalue weighted by atomic mass is 16.5. The van der Waals surface area contributed by atoms with Gasteiger partial charge in [-0.15, -0.1) is 0 Å². The number of hydrogen-bond acceptors (Lipinski definition) is 3. The summed E-state index contributed by atoms with van der Waals surface area (Å²) in [6, 6.07) is 6.97. The van der Waals surface area contributed by atoms with Gasteiger partial charge in [0.1, 0.15) is 11.9 Å². The SMILES string of the molecule is COc1ccc(C(=O)O[C@@H]2C=CCCCC2)cc1. The van der Waals surface area contributed by atoms with Crippen LogP contribution in [-0.4, -0.2) is 19.2 Å². The molecule has 0 aliphatic heterocycles. The van der Waals surface area contributed by atoms with E-state index in [2.05, 4.69) is 6.08 Å². The maximum absolute atomic E-state index is 11.9. The van der Waals surface area contributed by atoms with Crippen LogP contribution >= 0.6 is 0 Å². The van der Waals surface area contributed by atoms with Gasteiger partial charge in [-0.1, -0.05) is 6.08 Å². The first-order valence-electron chi connectivity index (χ1n) is 6.31. The van der Waals surface area contributed by atoms with Crippen molar-refractivity contribution in [3.63, 3.8) is 0 Å². The average molecular weight is 246 g/mol. The smallest absolute Gasteiger partial charge is 0.338 e. The van der Waals surface area contributed by atoms with Crippen molar-refractivity contribution in [3.05, 3.63) is 42.0 Å². The topological polar surface area (TPSA) is 35.5 Å². The minimum atomic E-state index is -0.269. The normalized spacial score (nSPS) is 19.1. The summed E-state index contributed by atoms with van der Waals surface area (Å²) >= 11 is 0. The Labute approximate surface area is 107 Å². The molecule has 3 heteroatoms. The van der Waals surface area contributed by atoms with Crippen molar-refractivity contribution < 1.29 is 14.3 Å². The number of carbonyl (C=O) groups is 1. The summed E-state index contributed by atoms with van der Waals surface area (Å²) in [7, 11) is 1.60. The molecule has 1 aliphatic rings. The van der Waals surface area contributed by atoms with E-state index < -0.39 is 0 Å². The van der Waals surface area contributed by atoms with E-state index in [4.69, 9.17) is 9.47 Å². The molecule has 1 atom stereocenters. The number of rotatable bonds is 3. The van der Waals surface area contributed by atoms with Crippen LogP contribution in [0.2, 0.25) is 0 Å². The van der Waals surface area contributed by atoms with Gasteiger partial charge in [-0.05, 0) is 56.0 Å². The summed E-state index contributed by atoms with van der Waals surface area (Å²) in [4.78, 5) is 11.9. The molecule has 0 saturated heterocycles. The van der Waals surface area contributed by atoms with Gasteiger partial charge in [0.2, 0.25) is 0 Å². The lowest BCUT2D eigenvalue weighted by molar-refractivity contribution is 0.0379. The molecule has 3 nitrogen and oxygen atoms in total. The van der Waals surface area contributed by atoms with E-state index in [0.717, 1.165) is 25.0 Å². The Bertz CT molecular complexity index is 420. The van der Waals surface area contributed by atoms with Gasteiger partial charge in [0.05, 0.1) is 12.7 Å². The highest BCUT2D eigenvalue weighted by molar-refractivity contribution is 5.89. The Morgan fingerprint density at radius 2 is 2.00 bits per heavy atom. The number of methoxy groups -OCH3 is 1. The van der Waals surface area contributed by atoms with Crippen molar-refractivity contribution in [1.82, 2.24) is 0 Å². The maximum Gasteiger partial charge on any atom is 0.338 e.